The van der Waals surface area contributed by atoms with Gasteiger partial charge >= 0.3 is 5.97 Å². The summed E-state index contributed by atoms with van der Waals surface area (Å²) in [7, 11) is 0. The van der Waals surface area contributed by atoms with E-state index >= 15 is 0 Å². The van der Waals surface area contributed by atoms with Crippen molar-refractivity contribution in [2.45, 2.75) is 12.8 Å². The van der Waals surface area contributed by atoms with Gasteiger partial charge in [0.05, 0.1) is 24.1 Å². The van der Waals surface area contributed by atoms with E-state index in [-0.39, 0.29) is 36.3 Å². The van der Waals surface area contributed by atoms with Crippen LogP contribution in [0.15, 0.2) is 24.4 Å². The first-order valence-corrected chi connectivity index (χ1v) is 6.44. The number of aromatic amines is 1. The van der Waals surface area contributed by atoms with Gasteiger partial charge in [-0.05, 0) is 18.6 Å². The van der Waals surface area contributed by atoms with Crippen LogP contribution in [0.2, 0.25) is 0 Å². The second kappa shape index (κ2) is 6.79. The summed E-state index contributed by atoms with van der Waals surface area (Å²) in [6.07, 6.45) is 1.47. The lowest BCUT2D eigenvalue weighted by molar-refractivity contribution is -0.118. The zero-order valence-electron chi connectivity index (χ0n) is 11.4. The van der Waals surface area contributed by atoms with Crippen molar-refractivity contribution >= 4 is 11.9 Å². The molecule has 0 aliphatic carbocycles. The third-order valence-electron chi connectivity index (χ3n) is 2.87. The Balaban J connectivity index is 2.16. The Bertz CT molecular complexity index is 680. The molecule has 1 aromatic carbocycles. The number of ether oxygens (including phenoxy) is 1. The van der Waals surface area contributed by atoms with Crippen LogP contribution in [0.1, 0.15) is 23.2 Å². The molecule has 0 fully saturated rings. The predicted octanol–water partition coefficient (Wildman–Crippen LogP) is 1.78. The molecule has 1 heterocycles. The van der Waals surface area contributed by atoms with Crippen LogP contribution in [0.4, 0.5) is 8.78 Å². The first kappa shape index (κ1) is 15.6. The third-order valence-corrected chi connectivity index (χ3v) is 2.87. The lowest BCUT2D eigenvalue weighted by atomic mass is 10.1. The van der Waals surface area contributed by atoms with E-state index in [9.17, 15) is 18.4 Å². The number of nitrogens with zero attached hydrogens (tertiary/aromatic N) is 1. The molecule has 0 radical (unpaired) electrons. The molecule has 1 amide bonds. The molecule has 0 spiro atoms. The summed E-state index contributed by atoms with van der Waals surface area (Å²) < 4.78 is 32.4. The van der Waals surface area contributed by atoms with Crippen LogP contribution in [0.5, 0.6) is 0 Å². The van der Waals surface area contributed by atoms with Crippen molar-refractivity contribution in [3.63, 3.8) is 0 Å². The molecule has 1 aromatic heterocycles. The molecular formula is C14H13F2N3O3. The molecule has 6 nitrogen and oxygen atoms in total. The normalized spacial score (nSPS) is 10.5. The molecule has 0 aliphatic rings. The molecule has 0 atom stereocenters. The van der Waals surface area contributed by atoms with Crippen LogP contribution in [0.3, 0.4) is 0 Å². The highest BCUT2D eigenvalue weighted by Gasteiger charge is 2.21. The Hall–Kier alpha value is -2.77. The summed E-state index contributed by atoms with van der Waals surface area (Å²) in [4.78, 5) is 22.5. The molecule has 2 aromatic rings. The zero-order valence-corrected chi connectivity index (χ0v) is 11.4. The topological polar surface area (TPSA) is 98.1 Å². The Morgan fingerprint density at radius 1 is 1.27 bits per heavy atom. The molecule has 0 saturated carbocycles. The number of H-pyrrole nitrogens is 1. The molecule has 8 heteroatoms. The highest BCUT2D eigenvalue weighted by molar-refractivity contribution is 5.96. The van der Waals surface area contributed by atoms with E-state index in [2.05, 4.69) is 10.2 Å². The molecule has 0 bridgehead atoms. The van der Waals surface area contributed by atoms with Crippen LogP contribution in [0, 0.1) is 11.6 Å². The molecule has 0 saturated heterocycles. The highest BCUT2D eigenvalue weighted by atomic mass is 19.1. The molecule has 0 unspecified atom stereocenters. The number of carbonyl (C=O) groups is 2. The van der Waals surface area contributed by atoms with E-state index in [0.717, 1.165) is 18.3 Å². The van der Waals surface area contributed by atoms with Crippen molar-refractivity contribution in [2.24, 2.45) is 5.73 Å². The molecule has 22 heavy (non-hydrogen) atoms. The summed E-state index contributed by atoms with van der Waals surface area (Å²) in [5.41, 5.74) is 4.38. The number of nitrogens with two attached hydrogens (primary N) is 1. The van der Waals surface area contributed by atoms with Gasteiger partial charge in [0.25, 0.3) is 0 Å². The maximum Gasteiger partial charge on any atom is 0.341 e. The molecule has 116 valence electrons. The summed E-state index contributed by atoms with van der Waals surface area (Å²) in [5, 5.41) is 6.01. The van der Waals surface area contributed by atoms with Crippen molar-refractivity contribution in [3.8, 4) is 11.3 Å². The second-order valence-electron chi connectivity index (χ2n) is 4.46. The van der Waals surface area contributed by atoms with Gasteiger partial charge in [-0.1, -0.05) is 6.07 Å². The van der Waals surface area contributed by atoms with Gasteiger partial charge in [-0.2, -0.15) is 5.10 Å². The minimum Gasteiger partial charge on any atom is -0.462 e. The van der Waals surface area contributed by atoms with Gasteiger partial charge < -0.3 is 10.5 Å². The van der Waals surface area contributed by atoms with Gasteiger partial charge in [-0.3, -0.25) is 9.89 Å². The third kappa shape index (κ3) is 3.46. The van der Waals surface area contributed by atoms with Crippen molar-refractivity contribution < 1.29 is 23.1 Å². The standard InChI is InChI=1S/C14H13F2N3O3/c15-9-3-1-4-10(16)12(9)13-8(7-18-19-13)14(21)22-6-2-5-11(17)20/h1,3-4,7H,2,5-6H2,(H2,17,20)(H,18,19). The molecular weight excluding hydrogens is 296 g/mol. The average Bonchev–Trinajstić information content (AvgIpc) is 2.92. The van der Waals surface area contributed by atoms with E-state index < -0.39 is 23.5 Å². The van der Waals surface area contributed by atoms with Crippen LogP contribution in [0.25, 0.3) is 11.3 Å². The molecule has 2 rings (SSSR count). The zero-order chi connectivity index (χ0) is 16.1. The predicted molar refractivity (Wildman–Crippen MR) is 72.7 cm³/mol. The first-order chi connectivity index (χ1) is 10.5. The van der Waals surface area contributed by atoms with Gasteiger partial charge in [0.2, 0.25) is 5.91 Å². The Morgan fingerprint density at radius 3 is 2.59 bits per heavy atom. The number of amides is 1. The summed E-state index contributed by atoms with van der Waals surface area (Å²) in [6, 6.07) is 3.36. The minimum absolute atomic E-state index is 0.0356. The number of hydrogen-bond acceptors (Lipinski definition) is 4. The van der Waals surface area contributed by atoms with E-state index in [4.69, 9.17) is 10.5 Å². The highest BCUT2D eigenvalue weighted by Crippen LogP contribution is 2.27. The maximum absolute atomic E-state index is 13.8. The number of primary amides is 1. The van der Waals surface area contributed by atoms with Crippen LogP contribution in [-0.4, -0.2) is 28.7 Å². The SMILES string of the molecule is NC(=O)CCCOC(=O)c1cn[nH]c1-c1c(F)cccc1F. The number of nitrogens with one attached hydrogen (secondary N) is 1. The van der Waals surface area contributed by atoms with E-state index in [1.807, 2.05) is 0 Å². The van der Waals surface area contributed by atoms with Crippen molar-refractivity contribution in [1.82, 2.24) is 10.2 Å². The Morgan fingerprint density at radius 2 is 1.95 bits per heavy atom. The summed E-state index contributed by atoms with van der Waals surface area (Å²) in [5.74, 6) is -2.96. The summed E-state index contributed by atoms with van der Waals surface area (Å²) >= 11 is 0. The largest absolute Gasteiger partial charge is 0.462 e. The number of rotatable bonds is 6. The smallest absolute Gasteiger partial charge is 0.341 e. The first-order valence-electron chi connectivity index (χ1n) is 6.44. The van der Waals surface area contributed by atoms with Gasteiger partial charge in [0, 0.05) is 6.42 Å². The fourth-order valence-electron chi connectivity index (χ4n) is 1.86. The van der Waals surface area contributed by atoms with Crippen molar-refractivity contribution in [2.75, 3.05) is 6.61 Å². The fraction of sp³-hybridized carbons (Fsp3) is 0.214. The van der Waals surface area contributed by atoms with Crippen LogP contribution < -0.4 is 5.73 Å². The number of hydrogen-bond donors (Lipinski definition) is 2. The van der Waals surface area contributed by atoms with Gasteiger partial charge in [-0.15, -0.1) is 0 Å². The number of carbonyl (C=O) groups excluding carboxylic acids is 2. The number of benzene rings is 1. The lowest BCUT2D eigenvalue weighted by Gasteiger charge is -2.06. The van der Waals surface area contributed by atoms with Crippen molar-refractivity contribution in [3.05, 3.63) is 41.6 Å². The fourth-order valence-corrected chi connectivity index (χ4v) is 1.86. The second-order valence-corrected chi connectivity index (χ2v) is 4.46. The van der Waals surface area contributed by atoms with E-state index in [1.54, 1.807) is 0 Å². The van der Waals surface area contributed by atoms with Gasteiger partial charge in [0.1, 0.15) is 17.2 Å². The number of halogens is 2. The molecule has 3 N–H and O–H groups in total. The summed E-state index contributed by atoms with van der Waals surface area (Å²) in [6.45, 7) is -0.0356. The van der Waals surface area contributed by atoms with Gasteiger partial charge in [-0.25, -0.2) is 13.6 Å². The quantitative estimate of drug-likeness (QED) is 0.627. The van der Waals surface area contributed by atoms with Crippen LogP contribution >= 0.6 is 0 Å². The number of esters is 1. The number of aromatic nitrogens is 2. The lowest BCUT2D eigenvalue weighted by Crippen LogP contribution is -2.13. The van der Waals surface area contributed by atoms with E-state index in [0.29, 0.717) is 0 Å². The van der Waals surface area contributed by atoms with E-state index in [1.165, 1.54) is 6.07 Å². The van der Waals surface area contributed by atoms with Crippen molar-refractivity contribution in [1.29, 1.82) is 0 Å². The maximum atomic E-state index is 13.8. The van der Waals surface area contributed by atoms with Gasteiger partial charge in [0.15, 0.2) is 0 Å². The van der Waals surface area contributed by atoms with Crippen LogP contribution in [-0.2, 0) is 9.53 Å². The molecule has 0 aliphatic heterocycles. The Labute approximate surface area is 124 Å². The monoisotopic (exact) mass is 309 g/mol. The Kier molecular flexibility index (Phi) is 4.82. The average molecular weight is 309 g/mol. The minimum atomic E-state index is -0.827.